The Labute approximate surface area is 88.6 Å². The molecule has 0 saturated carbocycles. The maximum atomic E-state index is 12.6. The van der Waals surface area contributed by atoms with Crippen LogP contribution in [0.25, 0.3) is 0 Å². The Hall–Kier alpha value is 0.150. The summed E-state index contributed by atoms with van der Waals surface area (Å²) in [6.45, 7) is 0. The van der Waals surface area contributed by atoms with Crippen molar-refractivity contribution < 1.29 is 13.2 Å². The predicted molar refractivity (Wildman–Crippen MR) is 49.6 cm³/mol. The number of hydrogen-bond donors (Lipinski definition) is 0. The monoisotopic (exact) mass is 351 g/mol. The molecule has 0 atom stereocenters. The van der Waals surface area contributed by atoms with Crippen LogP contribution in [-0.4, -0.2) is 4.98 Å². The van der Waals surface area contributed by atoms with Gasteiger partial charge in [0, 0.05) is 0 Å². The highest BCUT2D eigenvalue weighted by atomic mass is 127. The summed E-state index contributed by atoms with van der Waals surface area (Å²) in [6.07, 6.45) is -2.62. The second-order valence-corrected chi connectivity index (χ2v) is 3.82. The topological polar surface area (TPSA) is 12.9 Å². The third-order valence-corrected chi connectivity index (χ3v) is 2.57. The molecule has 0 N–H and O–H groups in total. The van der Waals surface area contributed by atoms with E-state index in [-0.39, 0.29) is 13.7 Å². The zero-order valence-electron chi connectivity index (χ0n) is 5.49. The van der Waals surface area contributed by atoms with Gasteiger partial charge in [-0.2, -0.15) is 4.39 Å². The number of halogens is 5. The van der Waals surface area contributed by atoms with E-state index in [0.29, 0.717) is 0 Å². The molecule has 12 heavy (non-hydrogen) atoms. The van der Waals surface area contributed by atoms with Crippen LogP contribution in [0.3, 0.4) is 0 Å². The Morgan fingerprint density at radius 2 is 2.08 bits per heavy atom. The molecule has 1 nitrogen and oxygen atoms in total. The van der Waals surface area contributed by atoms with Crippen molar-refractivity contribution in [1.82, 2.24) is 4.98 Å². The average molecular weight is 352 g/mol. The minimum absolute atomic E-state index is 0.0108. The van der Waals surface area contributed by atoms with Gasteiger partial charge in [-0.3, -0.25) is 0 Å². The number of rotatable bonds is 1. The summed E-state index contributed by atoms with van der Waals surface area (Å²) in [5.41, 5.74) is -0.260. The van der Waals surface area contributed by atoms with E-state index in [9.17, 15) is 13.2 Å². The molecular weight excluding hydrogens is 350 g/mol. The molecule has 0 spiro atoms. The van der Waals surface area contributed by atoms with Gasteiger partial charge < -0.3 is 0 Å². The van der Waals surface area contributed by atoms with Crippen LogP contribution in [0.2, 0.25) is 0 Å². The van der Waals surface area contributed by atoms with Gasteiger partial charge in [0.2, 0.25) is 5.95 Å². The summed E-state index contributed by atoms with van der Waals surface area (Å²) in [4.78, 5) is 3.29. The molecule has 0 unspecified atom stereocenters. The highest BCUT2D eigenvalue weighted by Gasteiger charge is 2.15. The fourth-order valence-electron chi connectivity index (χ4n) is 0.613. The van der Waals surface area contributed by atoms with Crippen molar-refractivity contribution in [2.75, 3.05) is 0 Å². The lowest BCUT2D eigenvalue weighted by Crippen LogP contribution is -1.96. The van der Waals surface area contributed by atoms with E-state index in [1.165, 1.54) is 0 Å². The lowest BCUT2D eigenvalue weighted by Gasteiger charge is -2.02. The molecule has 0 amide bonds. The van der Waals surface area contributed by atoms with Crippen LogP contribution in [0, 0.1) is 9.65 Å². The summed E-state index contributed by atoms with van der Waals surface area (Å²) in [6, 6.07) is 1.04. The molecule has 1 aromatic heterocycles. The Morgan fingerprint density at radius 3 is 2.58 bits per heavy atom. The molecule has 0 aliphatic rings. The third-order valence-electron chi connectivity index (χ3n) is 1.15. The van der Waals surface area contributed by atoms with Crippen LogP contribution < -0.4 is 0 Å². The molecule has 0 bridgehead atoms. The van der Waals surface area contributed by atoms with Crippen LogP contribution in [0.5, 0.6) is 0 Å². The highest BCUT2D eigenvalue weighted by molar-refractivity contribution is 14.1. The smallest absolute Gasteiger partial charge is 0.212 e. The van der Waals surface area contributed by atoms with Crippen LogP contribution in [-0.2, 0) is 0 Å². The number of alkyl halides is 2. The van der Waals surface area contributed by atoms with Crippen molar-refractivity contribution in [3.8, 4) is 0 Å². The van der Waals surface area contributed by atoms with Crippen LogP contribution in [0.1, 0.15) is 12.0 Å². The van der Waals surface area contributed by atoms with Gasteiger partial charge in [0.25, 0.3) is 6.43 Å². The van der Waals surface area contributed by atoms with Crippen LogP contribution in [0.15, 0.2) is 10.5 Å². The van der Waals surface area contributed by atoms with Crippen LogP contribution >= 0.6 is 38.5 Å². The van der Waals surface area contributed by atoms with E-state index in [0.717, 1.165) is 6.07 Å². The predicted octanol–water partition coefficient (Wildman–Crippen LogP) is 3.53. The Morgan fingerprint density at radius 1 is 1.50 bits per heavy atom. The van der Waals surface area contributed by atoms with E-state index in [1.54, 1.807) is 22.6 Å². The lowest BCUT2D eigenvalue weighted by molar-refractivity contribution is 0.149. The highest BCUT2D eigenvalue weighted by Crippen LogP contribution is 2.27. The quantitative estimate of drug-likeness (QED) is 0.557. The minimum atomic E-state index is -2.62. The molecular formula is C6H2BrF3IN. The van der Waals surface area contributed by atoms with Gasteiger partial charge in [-0.1, -0.05) is 0 Å². The van der Waals surface area contributed by atoms with E-state index < -0.39 is 12.4 Å². The van der Waals surface area contributed by atoms with E-state index >= 15 is 0 Å². The molecule has 1 heterocycles. The number of aromatic nitrogens is 1. The van der Waals surface area contributed by atoms with Gasteiger partial charge >= 0.3 is 0 Å². The Balaban J connectivity index is 3.23. The maximum Gasteiger partial charge on any atom is 0.266 e. The second kappa shape index (κ2) is 3.91. The van der Waals surface area contributed by atoms with Crippen LogP contribution in [0.4, 0.5) is 13.2 Å². The molecule has 0 aromatic carbocycles. The third kappa shape index (κ3) is 2.09. The summed E-state index contributed by atoms with van der Waals surface area (Å²) in [5.74, 6) is -0.774. The van der Waals surface area contributed by atoms with Crippen molar-refractivity contribution in [2.45, 2.75) is 6.43 Å². The Kier molecular flexibility index (Phi) is 3.33. The summed E-state index contributed by atoms with van der Waals surface area (Å²) >= 11 is 4.34. The largest absolute Gasteiger partial charge is 0.266 e. The van der Waals surface area contributed by atoms with Gasteiger partial charge in [-0.15, -0.1) is 0 Å². The van der Waals surface area contributed by atoms with Gasteiger partial charge in [-0.25, -0.2) is 13.8 Å². The zero-order chi connectivity index (χ0) is 9.30. The van der Waals surface area contributed by atoms with Crippen molar-refractivity contribution in [3.05, 3.63) is 25.8 Å². The van der Waals surface area contributed by atoms with E-state index in [2.05, 4.69) is 20.9 Å². The first-order valence-corrected chi connectivity index (χ1v) is 4.69. The van der Waals surface area contributed by atoms with Gasteiger partial charge in [0.15, 0.2) is 0 Å². The minimum Gasteiger partial charge on any atom is -0.212 e. The first kappa shape index (κ1) is 10.2. The first-order chi connectivity index (χ1) is 5.52. The molecule has 0 radical (unpaired) electrons. The van der Waals surface area contributed by atoms with Gasteiger partial charge in [-0.05, 0) is 44.6 Å². The molecule has 66 valence electrons. The van der Waals surface area contributed by atoms with Gasteiger partial charge in [0.05, 0.1) is 10.0 Å². The standard InChI is InChI=1S/C6H2BrF3IN/c7-3-1-2(4(8)9)6(11)12-5(3)10/h1,4H. The van der Waals surface area contributed by atoms with E-state index in [4.69, 9.17) is 0 Å². The van der Waals surface area contributed by atoms with Crippen molar-refractivity contribution in [1.29, 1.82) is 0 Å². The summed E-state index contributed by atoms with van der Waals surface area (Å²) in [7, 11) is 0. The van der Waals surface area contributed by atoms with Crippen molar-refractivity contribution in [3.63, 3.8) is 0 Å². The van der Waals surface area contributed by atoms with Crippen molar-refractivity contribution in [2.24, 2.45) is 0 Å². The molecule has 1 aromatic rings. The summed E-state index contributed by atoms with van der Waals surface area (Å²) in [5, 5.41) is 0. The lowest BCUT2D eigenvalue weighted by atomic mass is 10.3. The summed E-state index contributed by atoms with van der Waals surface area (Å²) < 4.78 is 36.9. The van der Waals surface area contributed by atoms with E-state index in [1.807, 2.05) is 0 Å². The number of pyridine rings is 1. The normalized spacial score (nSPS) is 10.8. The fraction of sp³-hybridized carbons (Fsp3) is 0.167. The fourth-order valence-corrected chi connectivity index (χ4v) is 1.55. The SMILES string of the molecule is Fc1nc(I)c(C(F)F)cc1Br. The molecule has 6 heteroatoms. The maximum absolute atomic E-state index is 12.6. The number of nitrogens with zero attached hydrogens (tertiary/aromatic N) is 1. The molecule has 0 aliphatic carbocycles. The molecule has 0 aliphatic heterocycles. The van der Waals surface area contributed by atoms with Gasteiger partial charge in [0.1, 0.15) is 3.70 Å². The molecule has 1 rings (SSSR count). The Bertz CT molecular complexity index is 305. The first-order valence-electron chi connectivity index (χ1n) is 2.82. The second-order valence-electron chi connectivity index (χ2n) is 1.94. The zero-order valence-corrected chi connectivity index (χ0v) is 9.24. The average Bonchev–Trinajstić information content (AvgIpc) is 1.96. The number of hydrogen-bond acceptors (Lipinski definition) is 1. The molecule has 0 saturated heterocycles. The molecule has 0 fully saturated rings. The van der Waals surface area contributed by atoms with Crippen molar-refractivity contribution >= 4 is 38.5 Å².